The molecule has 1 saturated carbocycles. The zero-order valence-electron chi connectivity index (χ0n) is 24.2. The summed E-state index contributed by atoms with van der Waals surface area (Å²) in [5.41, 5.74) is 5.69. The van der Waals surface area contributed by atoms with Crippen molar-refractivity contribution in [2.45, 2.75) is 58.0 Å². The maximum Gasteiger partial charge on any atom is 0.257 e. The zero-order valence-corrected chi connectivity index (χ0v) is 24.2. The van der Waals surface area contributed by atoms with E-state index in [1.807, 2.05) is 66.4 Å². The summed E-state index contributed by atoms with van der Waals surface area (Å²) in [6, 6.07) is 19.8. The number of hydrogen-bond donors (Lipinski definition) is 1. The molecule has 1 N–H and O–H groups in total. The summed E-state index contributed by atoms with van der Waals surface area (Å²) in [7, 11) is 0. The van der Waals surface area contributed by atoms with Gasteiger partial charge in [0.15, 0.2) is 0 Å². The summed E-state index contributed by atoms with van der Waals surface area (Å²) in [5, 5.41) is 13.2. The average Bonchev–Trinajstić information content (AvgIpc) is 3.85. The van der Waals surface area contributed by atoms with Crippen LogP contribution in [-0.4, -0.2) is 51.9 Å². The van der Waals surface area contributed by atoms with Crippen LogP contribution in [0.1, 0.15) is 67.4 Å². The lowest BCUT2D eigenvalue weighted by Crippen LogP contribution is -2.58. The highest BCUT2D eigenvalue weighted by Crippen LogP contribution is 2.45. The minimum Gasteiger partial charge on any atom is -0.353 e. The normalized spacial score (nSPS) is 18.5. The van der Waals surface area contributed by atoms with Gasteiger partial charge in [0.05, 0.1) is 34.6 Å². The van der Waals surface area contributed by atoms with Crippen molar-refractivity contribution in [3.8, 4) is 17.2 Å². The Morgan fingerprint density at radius 1 is 0.976 bits per heavy atom. The molecule has 2 amide bonds. The maximum atomic E-state index is 13.6. The summed E-state index contributed by atoms with van der Waals surface area (Å²) in [6.45, 7) is 7.49. The largest absolute Gasteiger partial charge is 0.353 e. The minimum absolute atomic E-state index is 0.0982. The van der Waals surface area contributed by atoms with E-state index in [1.165, 1.54) is 0 Å². The van der Waals surface area contributed by atoms with Crippen molar-refractivity contribution >= 4 is 34.2 Å². The Morgan fingerprint density at radius 3 is 2.33 bits per heavy atom. The van der Waals surface area contributed by atoms with Crippen LogP contribution in [0.4, 0.5) is 11.5 Å². The number of amides is 2. The van der Waals surface area contributed by atoms with E-state index in [4.69, 9.17) is 4.98 Å². The van der Waals surface area contributed by atoms with Gasteiger partial charge in [0.2, 0.25) is 5.91 Å². The number of pyridine rings is 2. The van der Waals surface area contributed by atoms with Crippen LogP contribution in [0.5, 0.6) is 0 Å². The summed E-state index contributed by atoms with van der Waals surface area (Å²) in [5.74, 6) is 1.14. The number of hydrogen-bond acceptors (Lipinski definition) is 6. The molecule has 2 atom stereocenters. The van der Waals surface area contributed by atoms with Gasteiger partial charge in [-0.2, -0.15) is 5.26 Å². The van der Waals surface area contributed by atoms with Crippen molar-refractivity contribution in [1.82, 2.24) is 14.9 Å². The Kier molecular flexibility index (Phi) is 7.34. The Hall–Kier alpha value is -4.77. The van der Waals surface area contributed by atoms with E-state index in [0.717, 1.165) is 46.3 Å². The van der Waals surface area contributed by atoms with Crippen molar-refractivity contribution in [2.24, 2.45) is 0 Å². The first kappa shape index (κ1) is 27.4. The molecule has 0 radical (unpaired) electrons. The van der Waals surface area contributed by atoms with Gasteiger partial charge >= 0.3 is 0 Å². The number of nitriles is 1. The van der Waals surface area contributed by atoms with Gasteiger partial charge in [-0.15, -0.1) is 0 Å². The third kappa shape index (κ3) is 5.18. The van der Waals surface area contributed by atoms with Gasteiger partial charge in [-0.05, 0) is 68.0 Å². The molecule has 2 aliphatic rings. The van der Waals surface area contributed by atoms with Crippen LogP contribution < -0.4 is 10.2 Å². The fourth-order valence-electron chi connectivity index (χ4n) is 6.22. The lowest BCUT2D eigenvalue weighted by Gasteiger charge is -2.45. The maximum absolute atomic E-state index is 13.6. The van der Waals surface area contributed by atoms with Crippen LogP contribution in [0.25, 0.3) is 22.0 Å². The summed E-state index contributed by atoms with van der Waals surface area (Å²) in [4.78, 5) is 39.6. The molecule has 1 aliphatic carbocycles. The third-order valence-electron chi connectivity index (χ3n) is 8.33. The van der Waals surface area contributed by atoms with E-state index in [2.05, 4.69) is 35.1 Å². The number of para-hydroxylation sites is 1. The number of carbonyl (C=O) groups excluding carboxylic acids is 2. The predicted octanol–water partition coefficient (Wildman–Crippen LogP) is 6.13. The van der Waals surface area contributed by atoms with Crippen molar-refractivity contribution in [3.05, 3.63) is 83.7 Å². The van der Waals surface area contributed by atoms with E-state index in [0.29, 0.717) is 42.2 Å². The number of anilines is 2. The van der Waals surface area contributed by atoms with Gasteiger partial charge < -0.3 is 15.1 Å². The number of benzene rings is 2. The molecule has 2 aromatic heterocycles. The van der Waals surface area contributed by atoms with E-state index >= 15 is 0 Å². The van der Waals surface area contributed by atoms with Crippen LogP contribution in [0, 0.1) is 11.3 Å². The average molecular weight is 559 g/mol. The molecule has 42 heavy (non-hydrogen) atoms. The second kappa shape index (κ2) is 11.2. The fourth-order valence-corrected chi connectivity index (χ4v) is 6.22. The van der Waals surface area contributed by atoms with Gasteiger partial charge in [-0.3, -0.25) is 14.6 Å². The molecule has 6 rings (SSSR count). The second-order valence-electron chi connectivity index (χ2n) is 11.4. The first-order valence-electron chi connectivity index (χ1n) is 14.6. The molecule has 212 valence electrons. The number of piperazine rings is 1. The van der Waals surface area contributed by atoms with Crippen LogP contribution in [0.2, 0.25) is 0 Å². The number of nitrogens with one attached hydrogen (secondary N) is 1. The van der Waals surface area contributed by atoms with E-state index in [1.54, 1.807) is 12.4 Å². The van der Waals surface area contributed by atoms with E-state index < -0.39 is 0 Å². The summed E-state index contributed by atoms with van der Waals surface area (Å²) in [6.07, 6.45) is 5.99. The standard InChI is InChI=1S/C34H34N6O2/c1-4-31(41)40-21(2)19-39(20-22(40)3)30-15-14-26(17-36-30)38-34(42)29-18-37-33-27(24-10-8-23(16-35)9-11-24)6-5-7-28(33)32(29)25-12-13-25/h5-11,14-15,17-18,21-22,25H,4,12-13,19-20H2,1-3H3,(H,38,42)/t21-,22+. The second-order valence-corrected chi connectivity index (χ2v) is 11.4. The first-order chi connectivity index (χ1) is 20.4. The molecule has 8 heteroatoms. The van der Waals surface area contributed by atoms with Gasteiger partial charge in [-0.1, -0.05) is 37.3 Å². The topological polar surface area (TPSA) is 102 Å². The fraction of sp³-hybridized carbons (Fsp3) is 0.324. The molecule has 4 aromatic rings. The van der Waals surface area contributed by atoms with E-state index in [-0.39, 0.29) is 23.9 Å². The van der Waals surface area contributed by atoms with Crippen LogP contribution in [0.15, 0.2) is 67.0 Å². The van der Waals surface area contributed by atoms with Gasteiger partial charge in [-0.25, -0.2) is 4.98 Å². The zero-order chi connectivity index (χ0) is 29.4. The molecular formula is C34H34N6O2. The van der Waals surface area contributed by atoms with Crippen molar-refractivity contribution < 1.29 is 9.59 Å². The molecule has 2 aromatic carbocycles. The lowest BCUT2D eigenvalue weighted by molar-refractivity contribution is -0.135. The Morgan fingerprint density at radius 2 is 1.71 bits per heavy atom. The Bertz CT molecular complexity index is 1680. The van der Waals surface area contributed by atoms with Crippen LogP contribution >= 0.6 is 0 Å². The molecular weight excluding hydrogens is 524 g/mol. The third-order valence-corrected chi connectivity index (χ3v) is 8.33. The van der Waals surface area contributed by atoms with Gasteiger partial charge in [0.1, 0.15) is 5.82 Å². The highest BCUT2D eigenvalue weighted by atomic mass is 16.2. The SMILES string of the molecule is CCC(=O)N1[C@H](C)CN(c2ccc(NC(=O)c3cnc4c(-c5ccc(C#N)cc5)cccc4c3C3CC3)cn2)C[C@@H]1C. The summed E-state index contributed by atoms with van der Waals surface area (Å²) >= 11 is 0. The first-order valence-corrected chi connectivity index (χ1v) is 14.6. The number of aromatic nitrogens is 2. The van der Waals surface area contributed by atoms with Gasteiger partial charge in [0.25, 0.3) is 5.91 Å². The number of carbonyl (C=O) groups is 2. The molecule has 1 aliphatic heterocycles. The lowest BCUT2D eigenvalue weighted by atomic mass is 9.94. The molecule has 1 saturated heterocycles. The molecule has 2 fully saturated rings. The quantitative estimate of drug-likeness (QED) is 0.305. The molecule has 0 bridgehead atoms. The molecule has 8 nitrogen and oxygen atoms in total. The Balaban J connectivity index is 1.23. The van der Waals surface area contributed by atoms with Crippen molar-refractivity contribution in [1.29, 1.82) is 5.26 Å². The summed E-state index contributed by atoms with van der Waals surface area (Å²) < 4.78 is 0. The highest BCUT2D eigenvalue weighted by Gasteiger charge is 2.33. The highest BCUT2D eigenvalue weighted by molar-refractivity contribution is 6.09. The number of fused-ring (bicyclic) bond motifs is 1. The van der Waals surface area contributed by atoms with Crippen molar-refractivity contribution in [2.75, 3.05) is 23.3 Å². The monoisotopic (exact) mass is 558 g/mol. The van der Waals surface area contributed by atoms with E-state index in [9.17, 15) is 14.9 Å². The number of nitrogens with zero attached hydrogens (tertiary/aromatic N) is 5. The smallest absolute Gasteiger partial charge is 0.257 e. The molecule has 0 unspecified atom stereocenters. The van der Waals surface area contributed by atoms with Gasteiger partial charge in [0, 0.05) is 48.7 Å². The minimum atomic E-state index is -0.196. The number of rotatable bonds is 6. The van der Waals surface area contributed by atoms with Crippen molar-refractivity contribution in [3.63, 3.8) is 0 Å². The predicted molar refractivity (Wildman–Crippen MR) is 164 cm³/mol. The molecule has 3 heterocycles. The Labute approximate surface area is 246 Å². The molecule has 0 spiro atoms. The van der Waals surface area contributed by atoms with Crippen LogP contribution in [-0.2, 0) is 4.79 Å². The van der Waals surface area contributed by atoms with Crippen LogP contribution in [0.3, 0.4) is 0 Å².